The number of hydrogen-bond acceptors (Lipinski definition) is 4. The Bertz CT molecular complexity index is 717. The first-order valence-electron chi connectivity index (χ1n) is 7.53. The molecule has 2 rings (SSSR count). The molecule has 24 heavy (non-hydrogen) atoms. The van der Waals surface area contributed by atoms with E-state index in [9.17, 15) is 9.00 Å². The van der Waals surface area contributed by atoms with Crippen LogP contribution in [-0.2, 0) is 23.9 Å². The van der Waals surface area contributed by atoms with E-state index in [2.05, 4.69) is 15.6 Å². The van der Waals surface area contributed by atoms with Gasteiger partial charge in [0.1, 0.15) is 5.82 Å². The average molecular weight is 346 g/mol. The maximum absolute atomic E-state index is 11.9. The second kappa shape index (κ2) is 8.44. The second-order valence-corrected chi connectivity index (χ2v) is 6.90. The number of carbonyl (C=O) groups is 1. The second-order valence-electron chi connectivity index (χ2n) is 5.52. The van der Waals surface area contributed by atoms with Crippen LogP contribution in [0.25, 0.3) is 0 Å². The Labute approximate surface area is 144 Å². The predicted octanol–water partition coefficient (Wildman–Crippen LogP) is 1.88. The molecule has 0 spiro atoms. The lowest BCUT2D eigenvalue weighted by molar-refractivity contribution is 0.240. The molecule has 0 radical (unpaired) electrons. The summed E-state index contributed by atoms with van der Waals surface area (Å²) in [6, 6.07) is 12.8. The van der Waals surface area contributed by atoms with E-state index in [1.165, 1.54) is 0 Å². The lowest BCUT2D eigenvalue weighted by atomic mass is 10.2. The van der Waals surface area contributed by atoms with Crippen molar-refractivity contribution in [2.45, 2.75) is 18.0 Å². The van der Waals surface area contributed by atoms with E-state index < -0.39 is 10.8 Å². The van der Waals surface area contributed by atoms with Crippen molar-refractivity contribution in [1.29, 1.82) is 0 Å². The van der Waals surface area contributed by atoms with Gasteiger partial charge in [-0.25, -0.2) is 9.78 Å². The van der Waals surface area contributed by atoms with Gasteiger partial charge in [-0.15, -0.1) is 0 Å². The molecule has 0 saturated carbocycles. The molecule has 0 aliphatic heterocycles. The van der Waals surface area contributed by atoms with Gasteiger partial charge in [-0.1, -0.05) is 18.2 Å². The summed E-state index contributed by atoms with van der Waals surface area (Å²) in [4.78, 5) is 19.0. The van der Waals surface area contributed by atoms with Gasteiger partial charge in [0.15, 0.2) is 0 Å². The number of aromatic nitrogens is 1. The molecule has 1 aromatic heterocycles. The van der Waals surface area contributed by atoms with Crippen molar-refractivity contribution >= 4 is 22.6 Å². The minimum absolute atomic E-state index is 0.254. The lowest BCUT2D eigenvalue weighted by Gasteiger charge is -2.13. The van der Waals surface area contributed by atoms with Gasteiger partial charge < -0.3 is 15.5 Å². The summed E-state index contributed by atoms with van der Waals surface area (Å²) in [5.41, 5.74) is 1.75. The van der Waals surface area contributed by atoms with E-state index >= 15 is 0 Å². The Hall–Kier alpha value is -2.41. The quantitative estimate of drug-likeness (QED) is 0.838. The maximum Gasteiger partial charge on any atom is 0.315 e. The molecule has 0 unspecified atom stereocenters. The third kappa shape index (κ3) is 5.34. The van der Waals surface area contributed by atoms with E-state index in [1.807, 2.05) is 61.5 Å². The van der Waals surface area contributed by atoms with Crippen molar-refractivity contribution in [3.8, 4) is 0 Å². The molecule has 2 aromatic rings. The Morgan fingerprint density at radius 3 is 2.38 bits per heavy atom. The van der Waals surface area contributed by atoms with E-state index in [0.29, 0.717) is 13.1 Å². The molecule has 0 aliphatic carbocycles. The third-order valence-corrected chi connectivity index (χ3v) is 4.32. The molecule has 1 heterocycles. The van der Waals surface area contributed by atoms with Crippen molar-refractivity contribution in [3.05, 3.63) is 53.7 Å². The van der Waals surface area contributed by atoms with Crippen LogP contribution in [0.3, 0.4) is 0 Å². The Morgan fingerprint density at radius 1 is 1.08 bits per heavy atom. The number of carbonyl (C=O) groups excluding carboxylic acids is 1. The van der Waals surface area contributed by atoms with Crippen LogP contribution >= 0.6 is 0 Å². The smallest absolute Gasteiger partial charge is 0.315 e. The highest BCUT2D eigenvalue weighted by Crippen LogP contribution is 2.08. The third-order valence-electron chi connectivity index (χ3n) is 3.39. The summed E-state index contributed by atoms with van der Waals surface area (Å²) < 4.78 is 11.3. The van der Waals surface area contributed by atoms with Crippen molar-refractivity contribution in [3.63, 3.8) is 0 Å². The summed E-state index contributed by atoms with van der Waals surface area (Å²) in [6.07, 6.45) is 1.64. The fourth-order valence-electron chi connectivity index (χ4n) is 2.03. The van der Waals surface area contributed by atoms with Gasteiger partial charge in [0, 0.05) is 42.6 Å². The summed E-state index contributed by atoms with van der Waals surface area (Å²) >= 11 is 0. The predicted molar refractivity (Wildman–Crippen MR) is 96.4 cm³/mol. The van der Waals surface area contributed by atoms with Gasteiger partial charge in [-0.3, -0.25) is 4.21 Å². The van der Waals surface area contributed by atoms with E-state index in [1.54, 1.807) is 6.26 Å². The monoisotopic (exact) mass is 346 g/mol. The highest BCUT2D eigenvalue weighted by atomic mass is 32.2. The zero-order valence-electron chi connectivity index (χ0n) is 14.1. The standard InChI is InChI=1S/C17H22N4O2S/c1-21(2)16-6-4-5-14(20-16)12-19-17(22)18-11-13-7-9-15(10-8-13)24(3)23/h4-10H,11-12H2,1-3H3,(H2,18,19,22)/t24-/m1/s1. The molecule has 2 amide bonds. The van der Waals surface area contributed by atoms with Crippen LogP contribution < -0.4 is 15.5 Å². The number of nitrogens with one attached hydrogen (secondary N) is 2. The number of benzene rings is 1. The van der Waals surface area contributed by atoms with Crippen molar-refractivity contribution in [1.82, 2.24) is 15.6 Å². The summed E-state index contributed by atoms with van der Waals surface area (Å²) in [5.74, 6) is 0.850. The van der Waals surface area contributed by atoms with Crippen LogP contribution in [0.2, 0.25) is 0 Å². The largest absolute Gasteiger partial charge is 0.363 e. The number of rotatable bonds is 6. The summed E-state index contributed by atoms with van der Waals surface area (Å²) in [5, 5.41) is 5.58. The lowest BCUT2D eigenvalue weighted by Crippen LogP contribution is -2.34. The van der Waals surface area contributed by atoms with Crippen LogP contribution in [0.1, 0.15) is 11.3 Å². The molecule has 1 atom stereocenters. The first-order valence-corrected chi connectivity index (χ1v) is 9.09. The molecule has 2 N–H and O–H groups in total. The fraction of sp³-hybridized carbons (Fsp3) is 0.294. The molecular weight excluding hydrogens is 324 g/mol. The minimum atomic E-state index is -0.990. The van der Waals surface area contributed by atoms with Crippen LogP contribution in [0.15, 0.2) is 47.4 Å². The molecule has 1 aromatic carbocycles. The zero-order chi connectivity index (χ0) is 17.5. The Kier molecular flexibility index (Phi) is 6.31. The van der Waals surface area contributed by atoms with Gasteiger partial charge in [0.05, 0.1) is 12.2 Å². The number of pyridine rings is 1. The summed E-state index contributed by atoms with van der Waals surface area (Å²) in [6.45, 7) is 0.773. The number of nitrogens with zero attached hydrogens (tertiary/aromatic N) is 2. The maximum atomic E-state index is 11.9. The van der Waals surface area contributed by atoms with Crippen molar-refractivity contribution < 1.29 is 9.00 Å². The van der Waals surface area contributed by atoms with E-state index in [-0.39, 0.29) is 6.03 Å². The Balaban J connectivity index is 1.81. The molecule has 0 bridgehead atoms. The van der Waals surface area contributed by atoms with Crippen LogP contribution in [0.4, 0.5) is 10.6 Å². The van der Waals surface area contributed by atoms with E-state index in [0.717, 1.165) is 22.0 Å². The molecule has 6 nitrogen and oxygen atoms in total. The highest BCUT2D eigenvalue weighted by Gasteiger charge is 2.04. The first kappa shape index (κ1) is 17.9. The number of amides is 2. The number of hydrogen-bond donors (Lipinski definition) is 2. The molecule has 0 aliphatic rings. The number of anilines is 1. The topological polar surface area (TPSA) is 74.3 Å². The summed E-state index contributed by atoms with van der Waals surface area (Å²) in [7, 11) is 2.85. The average Bonchev–Trinajstić information content (AvgIpc) is 2.58. The zero-order valence-corrected chi connectivity index (χ0v) is 14.9. The van der Waals surface area contributed by atoms with E-state index in [4.69, 9.17) is 0 Å². The van der Waals surface area contributed by atoms with Crippen LogP contribution in [0, 0.1) is 0 Å². The molecule has 7 heteroatoms. The van der Waals surface area contributed by atoms with Gasteiger partial charge in [-0.05, 0) is 29.8 Å². The van der Waals surface area contributed by atoms with Gasteiger partial charge in [0.25, 0.3) is 0 Å². The van der Waals surface area contributed by atoms with Gasteiger partial charge in [-0.2, -0.15) is 0 Å². The van der Waals surface area contributed by atoms with Gasteiger partial charge >= 0.3 is 6.03 Å². The van der Waals surface area contributed by atoms with Crippen molar-refractivity contribution in [2.75, 3.05) is 25.3 Å². The van der Waals surface area contributed by atoms with Gasteiger partial charge in [0.2, 0.25) is 0 Å². The molecule has 0 saturated heterocycles. The normalized spacial score (nSPS) is 11.6. The Morgan fingerprint density at radius 2 is 1.75 bits per heavy atom. The van der Waals surface area contributed by atoms with Crippen molar-refractivity contribution in [2.24, 2.45) is 0 Å². The molecule has 0 fully saturated rings. The van der Waals surface area contributed by atoms with Crippen LogP contribution in [-0.4, -0.2) is 35.6 Å². The minimum Gasteiger partial charge on any atom is -0.363 e. The molecule has 128 valence electrons. The SMILES string of the molecule is CN(C)c1cccc(CNC(=O)NCc2ccc([S@@](C)=O)cc2)n1. The fourth-order valence-corrected chi connectivity index (χ4v) is 2.55. The van der Waals surface area contributed by atoms with Crippen LogP contribution in [0.5, 0.6) is 0 Å². The number of urea groups is 1. The highest BCUT2D eigenvalue weighted by molar-refractivity contribution is 7.84. The molecular formula is C17H22N4O2S. The first-order chi connectivity index (χ1) is 11.5.